The average Bonchev–Trinajstić information content (AvgIpc) is 3.38. The second-order valence-electron chi connectivity index (χ2n) is 8.67. The summed E-state index contributed by atoms with van der Waals surface area (Å²) in [6.45, 7) is -0.808. The first-order valence-corrected chi connectivity index (χ1v) is 12.9. The lowest BCUT2D eigenvalue weighted by atomic mass is 9.88. The van der Waals surface area contributed by atoms with Gasteiger partial charge in [0.25, 0.3) is 5.91 Å². The lowest BCUT2D eigenvalue weighted by molar-refractivity contribution is -0.138. The van der Waals surface area contributed by atoms with Crippen LogP contribution in [0.5, 0.6) is 0 Å². The molecule has 0 spiro atoms. The summed E-state index contributed by atoms with van der Waals surface area (Å²) in [5.41, 5.74) is 1.89. The molecular formula is C29H27N3O5S. The van der Waals surface area contributed by atoms with E-state index in [-0.39, 0.29) is 24.8 Å². The first kappa shape index (κ1) is 26.6. The molecule has 1 unspecified atom stereocenters. The van der Waals surface area contributed by atoms with Gasteiger partial charge in [-0.15, -0.1) is 11.3 Å². The van der Waals surface area contributed by atoms with Crippen molar-refractivity contribution in [1.29, 1.82) is 0 Å². The molecule has 3 aromatic carbocycles. The molecule has 4 rings (SSSR count). The monoisotopic (exact) mass is 529 g/mol. The standard InChI is InChI=1S/C29H27N3O5S/c33-26(16-22(19-9-3-1-4-10-19)20-11-5-2-6-12-20)32-23(28(36)31-18-27(34)35)17-30-29(37)25-15-21-13-7-8-14-24(21)38-25/h1-15,22-23H,16-18H2,(H,30,37)(H,31,36)(H,32,33)(H,34,35). The Bertz CT molecular complexity index is 1350. The zero-order valence-corrected chi connectivity index (χ0v) is 21.2. The van der Waals surface area contributed by atoms with Gasteiger partial charge in [-0.25, -0.2) is 0 Å². The Morgan fingerprint density at radius 1 is 0.789 bits per heavy atom. The van der Waals surface area contributed by atoms with E-state index in [1.807, 2.05) is 84.9 Å². The van der Waals surface area contributed by atoms with E-state index in [0.29, 0.717) is 4.88 Å². The number of thiophene rings is 1. The second-order valence-corrected chi connectivity index (χ2v) is 9.75. The molecule has 0 saturated carbocycles. The highest BCUT2D eigenvalue weighted by Crippen LogP contribution is 2.28. The summed E-state index contributed by atoms with van der Waals surface area (Å²) in [7, 11) is 0. The predicted octanol–water partition coefficient (Wildman–Crippen LogP) is 3.54. The van der Waals surface area contributed by atoms with Crippen molar-refractivity contribution in [2.45, 2.75) is 18.4 Å². The Kier molecular flexibility index (Phi) is 8.84. The molecule has 0 radical (unpaired) electrons. The van der Waals surface area contributed by atoms with Gasteiger partial charge in [0, 0.05) is 23.6 Å². The lowest BCUT2D eigenvalue weighted by Gasteiger charge is -2.22. The minimum atomic E-state index is -1.22. The minimum absolute atomic E-state index is 0.0565. The van der Waals surface area contributed by atoms with Gasteiger partial charge in [0.15, 0.2) is 0 Å². The zero-order valence-electron chi connectivity index (χ0n) is 20.4. The molecule has 194 valence electrons. The molecule has 3 amide bonds. The molecule has 1 heterocycles. The van der Waals surface area contributed by atoms with Crippen molar-refractivity contribution >= 4 is 45.1 Å². The van der Waals surface area contributed by atoms with Crippen molar-refractivity contribution in [3.63, 3.8) is 0 Å². The molecule has 0 aliphatic heterocycles. The molecule has 0 aliphatic carbocycles. The van der Waals surface area contributed by atoms with Gasteiger partial charge in [0.2, 0.25) is 11.8 Å². The van der Waals surface area contributed by atoms with Crippen molar-refractivity contribution in [1.82, 2.24) is 16.0 Å². The number of carbonyl (C=O) groups is 4. The highest BCUT2D eigenvalue weighted by molar-refractivity contribution is 7.20. The number of nitrogens with one attached hydrogen (secondary N) is 3. The van der Waals surface area contributed by atoms with Crippen LogP contribution in [0.3, 0.4) is 0 Å². The number of benzene rings is 3. The van der Waals surface area contributed by atoms with Crippen molar-refractivity contribution in [3.8, 4) is 0 Å². The van der Waals surface area contributed by atoms with Crippen LogP contribution in [0.1, 0.15) is 33.1 Å². The summed E-state index contributed by atoms with van der Waals surface area (Å²) in [6.07, 6.45) is 0.0565. The fourth-order valence-electron chi connectivity index (χ4n) is 4.11. The molecule has 4 N–H and O–H groups in total. The maximum atomic E-state index is 13.2. The van der Waals surface area contributed by atoms with Crippen LogP contribution in [0.25, 0.3) is 10.1 Å². The van der Waals surface area contributed by atoms with Crippen molar-refractivity contribution in [2.75, 3.05) is 13.1 Å². The van der Waals surface area contributed by atoms with Crippen LogP contribution in [0, 0.1) is 0 Å². The second kappa shape index (κ2) is 12.6. The number of fused-ring (bicyclic) bond motifs is 1. The minimum Gasteiger partial charge on any atom is -0.480 e. The van der Waals surface area contributed by atoms with Crippen LogP contribution >= 0.6 is 11.3 Å². The maximum Gasteiger partial charge on any atom is 0.322 e. The Labute approximate surface area is 223 Å². The van der Waals surface area contributed by atoms with Crippen LogP contribution in [-0.4, -0.2) is 47.9 Å². The summed E-state index contributed by atoms with van der Waals surface area (Å²) in [4.78, 5) is 50.2. The van der Waals surface area contributed by atoms with Crippen LogP contribution in [0.4, 0.5) is 0 Å². The van der Waals surface area contributed by atoms with E-state index >= 15 is 0 Å². The number of rotatable bonds is 11. The van der Waals surface area contributed by atoms with Gasteiger partial charge in [-0.2, -0.15) is 0 Å². The Balaban J connectivity index is 1.47. The quantitative estimate of drug-likeness (QED) is 0.237. The normalized spacial score (nSPS) is 11.6. The van der Waals surface area contributed by atoms with Crippen molar-refractivity contribution in [2.24, 2.45) is 0 Å². The third kappa shape index (κ3) is 7.04. The van der Waals surface area contributed by atoms with E-state index in [9.17, 15) is 19.2 Å². The summed E-state index contributed by atoms with van der Waals surface area (Å²) in [5.74, 6) is -2.97. The first-order chi connectivity index (χ1) is 18.4. The lowest BCUT2D eigenvalue weighted by Crippen LogP contribution is -2.53. The number of carboxylic acid groups (broad SMARTS) is 1. The number of amides is 3. The van der Waals surface area contributed by atoms with Gasteiger partial charge >= 0.3 is 5.97 Å². The van der Waals surface area contributed by atoms with Crippen molar-refractivity contribution in [3.05, 3.63) is 107 Å². The van der Waals surface area contributed by atoms with E-state index in [1.165, 1.54) is 11.3 Å². The molecule has 0 bridgehead atoms. The Morgan fingerprint density at radius 2 is 1.39 bits per heavy atom. The first-order valence-electron chi connectivity index (χ1n) is 12.1. The molecular weight excluding hydrogens is 502 g/mol. The molecule has 4 aromatic rings. The van der Waals surface area contributed by atoms with E-state index in [4.69, 9.17) is 5.11 Å². The molecule has 9 heteroatoms. The van der Waals surface area contributed by atoms with Gasteiger partial charge in [-0.05, 0) is 28.6 Å². The van der Waals surface area contributed by atoms with Crippen LogP contribution in [0.15, 0.2) is 91.0 Å². The molecule has 0 saturated heterocycles. The fraction of sp³-hybridized carbons (Fsp3) is 0.172. The zero-order chi connectivity index (χ0) is 26.9. The SMILES string of the molecule is O=C(O)CNC(=O)C(CNC(=O)c1cc2ccccc2s1)NC(=O)CC(c1ccccc1)c1ccccc1. The van der Waals surface area contributed by atoms with Crippen LogP contribution in [-0.2, 0) is 14.4 Å². The van der Waals surface area contributed by atoms with Crippen LogP contribution < -0.4 is 16.0 Å². The molecule has 8 nitrogen and oxygen atoms in total. The van der Waals surface area contributed by atoms with Gasteiger partial charge in [-0.1, -0.05) is 78.9 Å². The van der Waals surface area contributed by atoms with Gasteiger partial charge in [-0.3, -0.25) is 19.2 Å². The fourth-order valence-corrected chi connectivity index (χ4v) is 5.09. The summed E-state index contributed by atoms with van der Waals surface area (Å²) in [5, 5.41) is 17.6. The largest absolute Gasteiger partial charge is 0.480 e. The molecule has 0 aliphatic rings. The van der Waals surface area contributed by atoms with Crippen molar-refractivity contribution < 1.29 is 24.3 Å². The van der Waals surface area contributed by atoms with Gasteiger partial charge in [0.1, 0.15) is 12.6 Å². The third-order valence-electron chi connectivity index (χ3n) is 5.98. The van der Waals surface area contributed by atoms with Gasteiger partial charge in [0.05, 0.1) is 4.88 Å². The summed E-state index contributed by atoms with van der Waals surface area (Å²) < 4.78 is 0.953. The van der Waals surface area contributed by atoms with E-state index in [2.05, 4.69) is 16.0 Å². The molecule has 1 aromatic heterocycles. The third-order valence-corrected chi connectivity index (χ3v) is 7.09. The number of carboxylic acids is 1. The summed E-state index contributed by atoms with van der Waals surface area (Å²) in [6, 6.07) is 27.3. The maximum absolute atomic E-state index is 13.2. The molecule has 0 fully saturated rings. The Hall–Kier alpha value is -4.50. The van der Waals surface area contributed by atoms with E-state index in [1.54, 1.807) is 6.07 Å². The van der Waals surface area contributed by atoms with E-state index in [0.717, 1.165) is 21.2 Å². The molecule has 1 atom stereocenters. The highest BCUT2D eigenvalue weighted by atomic mass is 32.1. The summed E-state index contributed by atoms with van der Waals surface area (Å²) >= 11 is 1.32. The predicted molar refractivity (Wildman–Crippen MR) is 146 cm³/mol. The highest BCUT2D eigenvalue weighted by Gasteiger charge is 2.25. The Morgan fingerprint density at radius 3 is 2.00 bits per heavy atom. The van der Waals surface area contributed by atoms with Crippen LogP contribution in [0.2, 0.25) is 0 Å². The van der Waals surface area contributed by atoms with Gasteiger partial charge < -0.3 is 21.1 Å². The smallest absolute Gasteiger partial charge is 0.322 e. The number of aliphatic carboxylic acids is 1. The van der Waals surface area contributed by atoms with E-state index < -0.39 is 30.4 Å². The number of hydrogen-bond acceptors (Lipinski definition) is 5. The number of carbonyl (C=O) groups excluding carboxylic acids is 3. The topological polar surface area (TPSA) is 125 Å². The average molecular weight is 530 g/mol. The number of hydrogen-bond donors (Lipinski definition) is 4. The molecule has 38 heavy (non-hydrogen) atoms.